The van der Waals surface area contributed by atoms with Crippen molar-refractivity contribution in [2.45, 2.75) is 43.9 Å². The Kier molecular flexibility index (Phi) is 3.09. The standard InChI is InChI=1S/C12H21N5O/c1-13-12(8-18)3-2-10(6-12)16-4-5-17-9-14-15-11(17)7-16/h9-10,13,18H,2-8H2,1H3. The molecule has 2 aliphatic rings. The Hall–Kier alpha value is -0.980. The molecule has 1 aromatic rings. The molecule has 2 N–H and O–H groups in total. The maximum Gasteiger partial charge on any atom is 0.147 e. The maximum absolute atomic E-state index is 9.55. The first-order chi connectivity index (χ1) is 8.76. The third kappa shape index (κ3) is 1.94. The minimum absolute atomic E-state index is 0.0736. The second-order valence-electron chi connectivity index (χ2n) is 5.50. The molecule has 3 rings (SSSR count). The van der Waals surface area contributed by atoms with Crippen molar-refractivity contribution >= 4 is 0 Å². The van der Waals surface area contributed by atoms with E-state index in [0.717, 1.165) is 44.7 Å². The molecule has 2 heterocycles. The number of nitrogens with one attached hydrogen (secondary N) is 1. The summed E-state index contributed by atoms with van der Waals surface area (Å²) in [4.78, 5) is 2.48. The Bertz CT molecular complexity index is 414. The summed E-state index contributed by atoms with van der Waals surface area (Å²) in [6, 6.07) is 0.551. The lowest BCUT2D eigenvalue weighted by molar-refractivity contribution is 0.128. The molecule has 1 aliphatic heterocycles. The molecule has 6 heteroatoms. The molecule has 1 saturated carbocycles. The van der Waals surface area contributed by atoms with Crippen molar-refractivity contribution in [3.8, 4) is 0 Å². The van der Waals surface area contributed by atoms with Gasteiger partial charge in [-0.3, -0.25) is 4.90 Å². The summed E-state index contributed by atoms with van der Waals surface area (Å²) in [7, 11) is 1.95. The third-order valence-corrected chi connectivity index (χ3v) is 4.60. The molecule has 0 aromatic carbocycles. The van der Waals surface area contributed by atoms with Gasteiger partial charge in [0.25, 0.3) is 0 Å². The lowest BCUT2D eigenvalue weighted by atomic mass is 9.99. The van der Waals surface area contributed by atoms with Crippen LogP contribution in [-0.4, -0.2) is 56.6 Å². The summed E-state index contributed by atoms with van der Waals surface area (Å²) < 4.78 is 2.13. The average Bonchev–Trinajstić information content (AvgIpc) is 3.05. The SMILES string of the molecule is CNC1(CO)CCC(N2CCn3cnnc3C2)C1. The van der Waals surface area contributed by atoms with Gasteiger partial charge in [0.2, 0.25) is 0 Å². The van der Waals surface area contributed by atoms with Crippen molar-refractivity contribution in [2.75, 3.05) is 20.2 Å². The van der Waals surface area contributed by atoms with E-state index < -0.39 is 0 Å². The molecule has 100 valence electrons. The van der Waals surface area contributed by atoms with Gasteiger partial charge in [-0.25, -0.2) is 0 Å². The molecule has 0 radical (unpaired) electrons. The molecule has 0 amide bonds. The van der Waals surface area contributed by atoms with Gasteiger partial charge < -0.3 is 15.0 Å². The fraction of sp³-hybridized carbons (Fsp3) is 0.833. The Morgan fingerprint density at radius 3 is 3.17 bits per heavy atom. The van der Waals surface area contributed by atoms with E-state index in [9.17, 15) is 5.11 Å². The highest BCUT2D eigenvalue weighted by Gasteiger charge is 2.40. The monoisotopic (exact) mass is 251 g/mol. The van der Waals surface area contributed by atoms with Crippen LogP contribution in [0.25, 0.3) is 0 Å². The van der Waals surface area contributed by atoms with E-state index in [1.165, 1.54) is 0 Å². The Morgan fingerprint density at radius 1 is 1.56 bits per heavy atom. The van der Waals surface area contributed by atoms with Crippen LogP contribution in [0, 0.1) is 0 Å². The predicted molar refractivity (Wildman–Crippen MR) is 66.9 cm³/mol. The zero-order chi connectivity index (χ0) is 12.6. The molecule has 1 fully saturated rings. The number of nitrogens with zero attached hydrogens (tertiary/aromatic N) is 4. The van der Waals surface area contributed by atoms with E-state index in [4.69, 9.17) is 0 Å². The Morgan fingerprint density at radius 2 is 2.44 bits per heavy atom. The van der Waals surface area contributed by atoms with Crippen molar-refractivity contribution in [2.24, 2.45) is 0 Å². The van der Waals surface area contributed by atoms with Crippen LogP contribution in [0.4, 0.5) is 0 Å². The smallest absolute Gasteiger partial charge is 0.147 e. The quantitative estimate of drug-likeness (QED) is 0.765. The van der Waals surface area contributed by atoms with Crippen LogP contribution in [0.15, 0.2) is 6.33 Å². The van der Waals surface area contributed by atoms with Crippen LogP contribution < -0.4 is 5.32 Å². The van der Waals surface area contributed by atoms with Crippen molar-refractivity contribution in [3.63, 3.8) is 0 Å². The molecule has 18 heavy (non-hydrogen) atoms. The van der Waals surface area contributed by atoms with Crippen LogP contribution in [0.2, 0.25) is 0 Å². The number of aliphatic hydroxyl groups is 1. The number of likely N-dealkylation sites (N-methyl/N-ethyl adjacent to an activating group) is 1. The van der Waals surface area contributed by atoms with E-state index in [-0.39, 0.29) is 12.1 Å². The molecule has 2 atom stereocenters. The molecule has 1 aromatic heterocycles. The first-order valence-corrected chi connectivity index (χ1v) is 6.67. The second kappa shape index (κ2) is 4.60. The molecule has 1 aliphatic carbocycles. The van der Waals surface area contributed by atoms with Gasteiger partial charge in [0, 0.05) is 24.7 Å². The number of rotatable bonds is 3. The molecule has 0 bridgehead atoms. The summed E-state index contributed by atoms with van der Waals surface area (Å²) in [6.07, 6.45) is 5.03. The van der Waals surface area contributed by atoms with Gasteiger partial charge in [-0.2, -0.15) is 0 Å². The Balaban J connectivity index is 1.68. The molecule has 0 saturated heterocycles. The molecule has 6 nitrogen and oxygen atoms in total. The molecular weight excluding hydrogens is 230 g/mol. The first kappa shape index (κ1) is 12.1. The van der Waals surface area contributed by atoms with Crippen LogP contribution in [0.1, 0.15) is 25.1 Å². The lowest BCUT2D eigenvalue weighted by Gasteiger charge is -2.34. The van der Waals surface area contributed by atoms with E-state index in [2.05, 4.69) is 25.0 Å². The third-order valence-electron chi connectivity index (χ3n) is 4.60. The van der Waals surface area contributed by atoms with E-state index in [0.29, 0.717) is 6.04 Å². The fourth-order valence-corrected chi connectivity index (χ4v) is 3.26. The second-order valence-corrected chi connectivity index (χ2v) is 5.50. The van der Waals surface area contributed by atoms with Gasteiger partial charge >= 0.3 is 0 Å². The van der Waals surface area contributed by atoms with Gasteiger partial charge in [-0.15, -0.1) is 10.2 Å². The first-order valence-electron chi connectivity index (χ1n) is 6.67. The van der Waals surface area contributed by atoms with Crippen LogP contribution in [0.3, 0.4) is 0 Å². The molecule has 2 unspecified atom stereocenters. The molecular formula is C12H21N5O. The largest absolute Gasteiger partial charge is 0.394 e. The van der Waals surface area contributed by atoms with Crippen molar-refractivity contribution < 1.29 is 5.11 Å². The number of aliphatic hydroxyl groups excluding tert-OH is 1. The van der Waals surface area contributed by atoms with Gasteiger partial charge in [0.1, 0.15) is 12.2 Å². The van der Waals surface area contributed by atoms with Crippen LogP contribution in [-0.2, 0) is 13.1 Å². The van der Waals surface area contributed by atoms with Crippen molar-refractivity contribution in [1.29, 1.82) is 0 Å². The van der Waals surface area contributed by atoms with E-state index >= 15 is 0 Å². The highest BCUT2D eigenvalue weighted by Crippen LogP contribution is 2.33. The van der Waals surface area contributed by atoms with Crippen molar-refractivity contribution in [1.82, 2.24) is 25.0 Å². The molecule has 0 spiro atoms. The van der Waals surface area contributed by atoms with Crippen LogP contribution in [0.5, 0.6) is 0 Å². The van der Waals surface area contributed by atoms with Gasteiger partial charge in [0.15, 0.2) is 0 Å². The maximum atomic E-state index is 9.55. The highest BCUT2D eigenvalue weighted by atomic mass is 16.3. The number of fused-ring (bicyclic) bond motifs is 1. The summed E-state index contributed by atoms with van der Waals surface area (Å²) in [5, 5.41) is 21.0. The topological polar surface area (TPSA) is 66.2 Å². The summed E-state index contributed by atoms with van der Waals surface area (Å²) in [6.45, 7) is 3.14. The van der Waals surface area contributed by atoms with Gasteiger partial charge in [0.05, 0.1) is 13.2 Å². The zero-order valence-electron chi connectivity index (χ0n) is 10.8. The van der Waals surface area contributed by atoms with E-state index in [1.807, 2.05) is 13.4 Å². The fourth-order valence-electron chi connectivity index (χ4n) is 3.26. The minimum atomic E-state index is -0.0736. The average molecular weight is 251 g/mol. The van der Waals surface area contributed by atoms with E-state index in [1.54, 1.807) is 0 Å². The van der Waals surface area contributed by atoms with Gasteiger partial charge in [-0.1, -0.05) is 0 Å². The zero-order valence-corrected chi connectivity index (χ0v) is 10.8. The number of hydrogen-bond donors (Lipinski definition) is 2. The lowest BCUT2D eigenvalue weighted by Crippen LogP contribution is -2.47. The van der Waals surface area contributed by atoms with Crippen LogP contribution >= 0.6 is 0 Å². The Labute approximate surface area is 107 Å². The summed E-state index contributed by atoms with van der Waals surface area (Å²) >= 11 is 0. The summed E-state index contributed by atoms with van der Waals surface area (Å²) in [5.74, 6) is 1.06. The number of hydrogen-bond acceptors (Lipinski definition) is 5. The highest BCUT2D eigenvalue weighted by molar-refractivity contribution is 5.01. The normalized spacial score (nSPS) is 32.7. The summed E-state index contributed by atoms with van der Waals surface area (Å²) in [5.41, 5.74) is -0.0736. The predicted octanol–water partition coefficient (Wildman–Crippen LogP) is -0.403. The minimum Gasteiger partial charge on any atom is -0.394 e. The number of aromatic nitrogens is 3. The van der Waals surface area contributed by atoms with Crippen molar-refractivity contribution in [3.05, 3.63) is 12.2 Å². The van der Waals surface area contributed by atoms with Gasteiger partial charge in [-0.05, 0) is 26.3 Å².